The lowest BCUT2D eigenvalue weighted by molar-refractivity contribution is -0.133. The molecule has 0 saturated heterocycles. The zero-order valence-corrected chi connectivity index (χ0v) is 22.8. The van der Waals surface area contributed by atoms with Crippen molar-refractivity contribution < 1.29 is 47.0 Å². The first-order valence-electron chi connectivity index (χ1n) is 12.1. The molecule has 0 spiro atoms. The van der Waals surface area contributed by atoms with Crippen LogP contribution < -0.4 is 25.0 Å². The zero-order valence-electron chi connectivity index (χ0n) is 22.0. The second kappa shape index (κ2) is 12.7. The SMILES string of the molecule is COC(=O)c1ccc(C(=O)NC[C@H](C(=O)NO)N(Cc2ccc3c(c2)OCO3)S(=O)(=O)c2ccc(OC)cc2)cc1. The molecule has 3 aromatic rings. The van der Waals surface area contributed by atoms with Gasteiger partial charge in [0.2, 0.25) is 16.8 Å². The molecule has 0 unspecified atom stereocenters. The molecule has 1 heterocycles. The molecule has 216 valence electrons. The highest BCUT2D eigenvalue weighted by Crippen LogP contribution is 2.33. The lowest BCUT2D eigenvalue weighted by Gasteiger charge is -2.30. The number of hydrogen-bond donors (Lipinski definition) is 3. The minimum atomic E-state index is -4.39. The monoisotopic (exact) mass is 585 g/mol. The van der Waals surface area contributed by atoms with Gasteiger partial charge in [-0.15, -0.1) is 0 Å². The van der Waals surface area contributed by atoms with Crippen LogP contribution in [0.1, 0.15) is 26.3 Å². The van der Waals surface area contributed by atoms with Gasteiger partial charge in [0, 0.05) is 18.7 Å². The van der Waals surface area contributed by atoms with Crippen LogP contribution in [0.2, 0.25) is 0 Å². The summed E-state index contributed by atoms with van der Waals surface area (Å²) in [5, 5.41) is 12.0. The van der Waals surface area contributed by atoms with Gasteiger partial charge >= 0.3 is 5.97 Å². The lowest BCUT2D eigenvalue weighted by Crippen LogP contribution is -2.53. The van der Waals surface area contributed by atoms with E-state index in [0.717, 1.165) is 4.31 Å². The minimum Gasteiger partial charge on any atom is -0.497 e. The first-order valence-corrected chi connectivity index (χ1v) is 13.6. The largest absolute Gasteiger partial charge is 0.497 e. The molecule has 14 heteroatoms. The van der Waals surface area contributed by atoms with Gasteiger partial charge in [0.05, 0.1) is 24.7 Å². The average Bonchev–Trinajstić information content (AvgIpc) is 3.48. The number of hydrogen-bond acceptors (Lipinski definition) is 10. The highest BCUT2D eigenvalue weighted by Gasteiger charge is 2.37. The fourth-order valence-electron chi connectivity index (χ4n) is 4.03. The summed E-state index contributed by atoms with van der Waals surface area (Å²) in [5.74, 6) is -1.02. The van der Waals surface area contributed by atoms with E-state index >= 15 is 0 Å². The quantitative estimate of drug-likeness (QED) is 0.171. The summed E-state index contributed by atoms with van der Waals surface area (Å²) in [6, 6.07) is 14.3. The van der Waals surface area contributed by atoms with E-state index in [-0.39, 0.29) is 29.4 Å². The molecule has 0 bridgehead atoms. The van der Waals surface area contributed by atoms with Gasteiger partial charge in [-0.3, -0.25) is 14.8 Å². The Hall–Kier alpha value is -4.66. The number of sulfonamides is 1. The van der Waals surface area contributed by atoms with Crippen molar-refractivity contribution in [2.45, 2.75) is 17.5 Å². The smallest absolute Gasteiger partial charge is 0.337 e. The molecule has 1 aliphatic heterocycles. The number of nitrogens with zero attached hydrogens (tertiary/aromatic N) is 1. The van der Waals surface area contributed by atoms with E-state index in [4.69, 9.17) is 14.2 Å². The van der Waals surface area contributed by atoms with E-state index in [1.807, 2.05) is 0 Å². The van der Waals surface area contributed by atoms with Crippen molar-refractivity contribution in [1.29, 1.82) is 0 Å². The van der Waals surface area contributed by atoms with E-state index in [1.165, 1.54) is 68.2 Å². The highest BCUT2D eigenvalue weighted by molar-refractivity contribution is 7.89. The van der Waals surface area contributed by atoms with Crippen LogP contribution >= 0.6 is 0 Å². The van der Waals surface area contributed by atoms with Crippen LogP contribution in [-0.4, -0.2) is 69.3 Å². The van der Waals surface area contributed by atoms with Crippen LogP contribution in [0.5, 0.6) is 17.2 Å². The van der Waals surface area contributed by atoms with E-state index in [1.54, 1.807) is 18.2 Å². The molecule has 2 amide bonds. The molecular weight excluding hydrogens is 558 g/mol. The summed E-state index contributed by atoms with van der Waals surface area (Å²) in [5.41, 5.74) is 2.31. The molecule has 41 heavy (non-hydrogen) atoms. The number of benzene rings is 3. The Morgan fingerprint density at radius 1 is 0.951 bits per heavy atom. The normalized spacial score (nSPS) is 12.9. The third kappa shape index (κ3) is 6.57. The number of ether oxygens (including phenoxy) is 4. The third-order valence-corrected chi connectivity index (χ3v) is 8.09. The van der Waals surface area contributed by atoms with Gasteiger partial charge < -0.3 is 24.3 Å². The van der Waals surface area contributed by atoms with Crippen molar-refractivity contribution in [2.75, 3.05) is 27.6 Å². The predicted molar refractivity (Wildman–Crippen MR) is 142 cm³/mol. The summed E-state index contributed by atoms with van der Waals surface area (Å²) in [4.78, 5) is 37.3. The third-order valence-electron chi connectivity index (χ3n) is 6.23. The zero-order chi connectivity index (χ0) is 29.6. The van der Waals surface area contributed by atoms with Gasteiger partial charge in [0.1, 0.15) is 11.8 Å². The number of methoxy groups -OCH3 is 2. The number of rotatable bonds is 11. The number of carbonyl (C=O) groups excluding carboxylic acids is 3. The molecule has 1 aliphatic rings. The molecular formula is C27H27N3O10S. The van der Waals surface area contributed by atoms with Crippen molar-refractivity contribution in [1.82, 2.24) is 15.1 Å². The first kappa shape index (κ1) is 29.3. The van der Waals surface area contributed by atoms with Crippen molar-refractivity contribution >= 4 is 27.8 Å². The fourth-order valence-corrected chi connectivity index (χ4v) is 5.61. The van der Waals surface area contributed by atoms with Crippen LogP contribution in [-0.2, 0) is 26.1 Å². The van der Waals surface area contributed by atoms with Crippen molar-refractivity contribution in [3.05, 3.63) is 83.4 Å². The van der Waals surface area contributed by atoms with Gasteiger partial charge in [0.25, 0.3) is 11.8 Å². The molecule has 4 rings (SSSR count). The van der Waals surface area contributed by atoms with Gasteiger partial charge in [0.15, 0.2) is 11.5 Å². The molecule has 0 saturated carbocycles. The van der Waals surface area contributed by atoms with Gasteiger partial charge in [-0.25, -0.2) is 18.7 Å². The van der Waals surface area contributed by atoms with Gasteiger partial charge in [-0.05, 0) is 66.2 Å². The Bertz CT molecular complexity index is 1530. The molecule has 0 aliphatic carbocycles. The van der Waals surface area contributed by atoms with Gasteiger partial charge in [-0.2, -0.15) is 4.31 Å². The maximum atomic E-state index is 13.9. The lowest BCUT2D eigenvalue weighted by atomic mass is 10.1. The van der Waals surface area contributed by atoms with Crippen LogP contribution in [0.25, 0.3) is 0 Å². The van der Waals surface area contributed by atoms with Gasteiger partial charge in [-0.1, -0.05) is 6.07 Å². The maximum Gasteiger partial charge on any atom is 0.337 e. The Labute approximate surface area is 235 Å². The summed E-state index contributed by atoms with van der Waals surface area (Å²) < 4.78 is 49.1. The van der Waals surface area contributed by atoms with E-state index in [2.05, 4.69) is 10.1 Å². The molecule has 3 aromatic carbocycles. The minimum absolute atomic E-state index is 0.00876. The number of nitrogens with one attached hydrogen (secondary N) is 2. The summed E-state index contributed by atoms with van der Waals surface area (Å²) in [6.45, 7) is -0.828. The molecule has 3 N–H and O–H groups in total. The first-order chi connectivity index (χ1) is 19.7. The fraction of sp³-hybridized carbons (Fsp3) is 0.222. The number of carbonyl (C=O) groups is 3. The molecule has 1 atom stereocenters. The van der Waals surface area contributed by atoms with Crippen molar-refractivity contribution in [3.63, 3.8) is 0 Å². The highest BCUT2D eigenvalue weighted by atomic mass is 32.2. The van der Waals surface area contributed by atoms with E-state index in [0.29, 0.717) is 22.8 Å². The molecule has 0 fully saturated rings. The molecule has 13 nitrogen and oxygen atoms in total. The van der Waals surface area contributed by atoms with Crippen LogP contribution in [0.3, 0.4) is 0 Å². The number of fused-ring (bicyclic) bond motifs is 1. The summed E-state index contributed by atoms with van der Waals surface area (Å²) in [6.07, 6.45) is 0. The van der Waals surface area contributed by atoms with E-state index < -0.39 is 40.4 Å². The van der Waals surface area contributed by atoms with Crippen molar-refractivity contribution in [2.24, 2.45) is 0 Å². The number of hydroxylamine groups is 1. The number of esters is 1. The van der Waals surface area contributed by atoms with Crippen molar-refractivity contribution in [3.8, 4) is 17.2 Å². The van der Waals surface area contributed by atoms with E-state index in [9.17, 15) is 28.0 Å². The maximum absolute atomic E-state index is 13.9. The Kier molecular flexibility index (Phi) is 9.07. The Balaban J connectivity index is 1.65. The van der Waals surface area contributed by atoms with Crippen LogP contribution in [0, 0.1) is 0 Å². The molecule has 0 aromatic heterocycles. The summed E-state index contributed by atoms with van der Waals surface area (Å²) in [7, 11) is -1.73. The molecule has 0 radical (unpaired) electrons. The Morgan fingerprint density at radius 3 is 2.24 bits per heavy atom. The summed E-state index contributed by atoms with van der Waals surface area (Å²) >= 11 is 0. The standard InChI is InChI=1S/C27H27N3O10S/c1-37-20-8-10-21(11-9-20)41(35,36)30(15-17-3-12-23-24(13-17)40-16-39-23)22(26(32)29-34)14-28-25(31)18-4-6-19(7-5-18)27(33)38-2/h3-13,22,34H,14-16H2,1-2H3,(H,28,31)(H,29,32)/t22-/m1/s1. The second-order valence-corrected chi connectivity index (χ2v) is 10.6. The predicted octanol–water partition coefficient (Wildman–Crippen LogP) is 1.71. The Morgan fingerprint density at radius 2 is 1.61 bits per heavy atom. The number of amides is 2. The second-order valence-electron chi connectivity index (χ2n) is 8.68. The average molecular weight is 586 g/mol. The topological polar surface area (TPSA) is 170 Å². The van der Waals surface area contributed by atoms with Crippen LogP contribution in [0.15, 0.2) is 71.6 Å². The van der Waals surface area contributed by atoms with Crippen LogP contribution in [0.4, 0.5) is 0 Å².